The highest BCUT2D eigenvalue weighted by atomic mass is 16.3. The Morgan fingerprint density at radius 2 is 2.38 bits per heavy atom. The van der Waals surface area contributed by atoms with Crippen molar-refractivity contribution < 1.29 is 5.11 Å². The van der Waals surface area contributed by atoms with Gasteiger partial charge in [0.25, 0.3) is 0 Å². The lowest BCUT2D eigenvalue weighted by molar-refractivity contribution is 0.229. The number of aliphatic hydroxyl groups excluding tert-OH is 1. The SMILES string of the molecule is Cn1cccc1CNC1(CO)CC1. The Hall–Kier alpha value is -0.800. The van der Waals surface area contributed by atoms with Gasteiger partial charge in [0.1, 0.15) is 0 Å². The summed E-state index contributed by atoms with van der Waals surface area (Å²) in [6.45, 7) is 1.11. The Morgan fingerprint density at radius 3 is 2.85 bits per heavy atom. The van der Waals surface area contributed by atoms with Crippen LogP contribution in [0.5, 0.6) is 0 Å². The summed E-state index contributed by atoms with van der Waals surface area (Å²) in [5.74, 6) is 0. The van der Waals surface area contributed by atoms with Crippen LogP contribution in [0.1, 0.15) is 18.5 Å². The molecule has 0 unspecified atom stereocenters. The van der Waals surface area contributed by atoms with Crippen molar-refractivity contribution in [3.63, 3.8) is 0 Å². The molecule has 0 bridgehead atoms. The number of aromatic nitrogens is 1. The maximum atomic E-state index is 9.09. The molecule has 0 radical (unpaired) electrons. The minimum Gasteiger partial charge on any atom is -0.394 e. The van der Waals surface area contributed by atoms with E-state index in [9.17, 15) is 0 Å². The highest BCUT2D eigenvalue weighted by molar-refractivity contribution is 5.09. The van der Waals surface area contributed by atoms with E-state index in [2.05, 4.69) is 16.0 Å². The van der Waals surface area contributed by atoms with Crippen molar-refractivity contribution in [3.05, 3.63) is 24.0 Å². The van der Waals surface area contributed by atoms with Gasteiger partial charge in [-0.25, -0.2) is 0 Å². The molecule has 1 fully saturated rings. The third-order valence-corrected chi connectivity index (χ3v) is 2.85. The van der Waals surface area contributed by atoms with Crippen LogP contribution in [0, 0.1) is 0 Å². The predicted octanol–water partition coefficient (Wildman–Crippen LogP) is 0.640. The van der Waals surface area contributed by atoms with E-state index in [-0.39, 0.29) is 12.1 Å². The molecule has 72 valence electrons. The van der Waals surface area contributed by atoms with E-state index < -0.39 is 0 Å². The van der Waals surface area contributed by atoms with Gasteiger partial charge in [0, 0.05) is 31.0 Å². The van der Waals surface area contributed by atoms with Crippen LogP contribution in [0.15, 0.2) is 18.3 Å². The van der Waals surface area contributed by atoms with Crippen molar-refractivity contribution >= 4 is 0 Å². The second-order valence-corrected chi connectivity index (χ2v) is 3.90. The first-order chi connectivity index (χ1) is 6.26. The zero-order valence-corrected chi connectivity index (χ0v) is 7.95. The molecular weight excluding hydrogens is 164 g/mol. The van der Waals surface area contributed by atoms with Crippen molar-refractivity contribution in [3.8, 4) is 0 Å². The smallest absolute Gasteiger partial charge is 0.0613 e. The monoisotopic (exact) mass is 180 g/mol. The summed E-state index contributed by atoms with van der Waals surface area (Å²) in [5, 5.41) is 12.5. The van der Waals surface area contributed by atoms with Crippen molar-refractivity contribution in [1.82, 2.24) is 9.88 Å². The number of nitrogens with one attached hydrogen (secondary N) is 1. The molecule has 1 aliphatic carbocycles. The van der Waals surface area contributed by atoms with E-state index >= 15 is 0 Å². The molecular formula is C10H16N2O. The fourth-order valence-electron chi connectivity index (χ4n) is 1.50. The van der Waals surface area contributed by atoms with E-state index in [0.717, 1.165) is 19.4 Å². The molecule has 1 saturated carbocycles. The van der Waals surface area contributed by atoms with Crippen molar-refractivity contribution in [1.29, 1.82) is 0 Å². The molecule has 1 aromatic heterocycles. The zero-order valence-electron chi connectivity index (χ0n) is 7.95. The number of nitrogens with zero attached hydrogens (tertiary/aromatic N) is 1. The summed E-state index contributed by atoms with van der Waals surface area (Å²) in [7, 11) is 2.04. The fraction of sp³-hybridized carbons (Fsp3) is 0.600. The zero-order chi connectivity index (χ0) is 9.31. The second kappa shape index (κ2) is 3.16. The van der Waals surface area contributed by atoms with Crippen LogP contribution in [0.4, 0.5) is 0 Å². The first kappa shape index (κ1) is 8.78. The Morgan fingerprint density at radius 1 is 1.62 bits per heavy atom. The van der Waals surface area contributed by atoms with Gasteiger partial charge in [0.2, 0.25) is 0 Å². The van der Waals surface area contributed by atoms with E-state index in [4.69, 9.17) is 5.11 Å². The predicted molar refractivity (Wildman–Crippen MR) is 51.3 cm³/mol. The van der Waals surface area contributed by atoms with E-state index in [1.54, 1.807) is 0 Å². The summed E-state index contributed by atoms with van der Waals surface area (Å²) < 4.78 is 2.10. The number of hydrogen-bond acceptors (Lipinski definition) is 2. The first-order valence-electron chi connectivity index (χ1n) is 4.72. The molecule has 2 rings (SSSR count). The van der Waals surface area contributed by atoms with Gasteiger partial charge in [0.05, 0.1) is 6.61 Å². The maximum absolute atomic E-state index is 9.09. The van der Waals surface area contributed by atoms with Gasteiger partial charge < -0.3 is 15.0 Å². The molecule has 1 aliphatic rings. The Kier molecular flexibility index (Phi) is 2.14. The van der Waals surface area contributed by atoms with E-state index in [0.29, 0.717) is 0 Å². The molecule has 2 N–H and O–H groups in total. The molecule has 0 aliphatic heterocycles. The molecule has 1 aromatic rings. The average molecular weight is 180 g/mol. The van der Waals surface area contributed by atoms with E-state index in [1.807, 2.05) is 19.3 Å². The van der Waals surface area contributed by atoms with Crippen molar-refractivity contribution in [2.24, 2.45) is 7.05 Å². The summed E-state index contributed by atoms with van der Waals surface area (Å²) >= 11 is 0. The van der Waals surface area contributed by atoms with Crippen LogP contribution in [-0.2, 0) is 13.6 Å². The molecule has 3 nitrogen and oxygen atoms in total. The van der Waals surface area contributed by atoms with Crippen LogP contribution < -0.4 is 5.32 Å². The summed E-state index contributed by atoms with van der Waals surface area (Å²) in [5.41, 5.74) is 1.31. The molecule has 0 atom stereocenters. The fourth-order valence-corrected chi connectivity index (χ4v) is 1.50. The van der Waals surface area contributed by atoms with Crippen LogP contribution in [0.3, 0.4) is 0 Å². The summed E-state index contributed by atoms with van der Waals surface area (Å²) in [4.78, 5) is 0. The molecule has 0 amide bonds. The highest BCUT2D eigenvalue weighted by Crippen LogP contribution is 2.34. The standard InChI is InChI=1S/C10H16N2O/c1-12-6-2-3-9(12)7-11-10(8-13)4-5-10/h2-3,6,11,13H,4-5,7-8H2,1H3. The minimum absolute atomic E-state index is 0.0459. The minimum atomic E-state index is 0.0459. The lowest BCUT2D eigenvalue weighted by Crippen LogP contribution is -2.34. The maximum Gasteiger partial charge on any atom is 0.0613 e. The van der Waals surface area contributed by atoms with Crippen LogP contribution in [-0.4, -0.2) is 21.8 Å². The molecule has 1 heterocycles. The highest BCUT2D eigenvalue weighted by Gasteiger charge is 2.41. The van der Waals surface area contributed by atoms with Crippen LogP contribution >= 0.6 is 0 Å². The Balaban J connectivity index is 1.90. The number of aliphatic hydroxyl groups is 1. The third kappa shape index (κ3) is 1.76. The second-order valence-electron chi connectivity index (χ2n) is 3.90. The van der Waals surface area contributed by atoms with Gasteiger partial charge in [-0.15, -0.1) is 0 Å². The first-order valence-corrected chi connectivity index (χ1v) is 4.72. The molecule has 0 aromatic carbocycles. The average Bonchev–Trinajstić information content (AvgIpc) is 2.82. The largest absolute Gasteiger partial charge is 0.394 e. The summed E-state index contributed by atoms with van der Waals surface area (Å²) in [6.07, 6.45) is 4.25. The molecule has 13 heavy (non-hydrogen) atoms. The normalized spacial score (nSPS) is 18.9. The Labute approximate surface area is 78.4 Å². The van der Waals surface area contributed by atoms with Gasteiger partial charge in [-0.2, -0.15) is 0 Å². The number of rotatable bonds is 4. The third-order valence-electron chi connectivity index (χ3n) is 2.85. The van der Waals surface area contributed by atoms with Gasteiger partial charge in [-0.1, -0.05) is 0 Å². The van der Waals surface area contributed by atoms with E-state index in [1.165, 1.54) is 5.69 Å². The molecule has 0 saturated heterocycles. The quantitative estimate of drug-likeness (QED) is 0.713. The van der Waals surface area contributed by atoms with Gasteiger partial charge in [0.15, 0.2) is 0 Å². The van der Waals surface area contributed by atoms with Gasteiger partial charge in [-0.05, 0) is 25.0 Å². The summed E-state index contributed by atoms with van der Waals surface area (Å²) in [6, 6.07) is 4.13. The lowest BCUT2D eigenvalue weighted by Gasteiger charge is -2.14. The van der Waals surface area contributed by atoms with Gasteiger partial charge in [-0.3, -0.25) is 0 Å². The topological polar surface area (TPSA) is 37.2 Å². The number of hydrogen-bond donors (Lipinski definition) is 2. The van der Waals surface area contributed by atoms with Gasteiger partial charge >= 0.3 is 0 Å². The lowest BCUT2D eigenvalue weighted by atomic mass is 10.3. The van der Waals surface area contributed by atoms with Crippen LogP contribution in [0.2, 0.25) is 0 Å². The van der Waals surface area contributed by atoms with Crippen molar-refractivity contribution in [2.75, 3.05) is 6.61 Å². The van der Waals surface area contributed by atoms with Crippen LogP contribution in [0.25, 0.3) is 0 Å². The van der Waals surface area contributed by atoms with Crippen molar-refractivity contribution in [2.45, 2.75) is 24.9 Å². The molecule has 0 spiro atoms. The molecule has 3 heteroatoms. The number of aryl methyl sites for hydroxylation is 1. The Bertz CT molecular complexity index is 289.